The highest BCUT2D eigenvalue weighted by molar-refractivity contribution is 5.92. The molecule has 2 aromatic rings. The summed E-state index contributed by atoms with van der Waals surface area (Å²) in [6.45, 7) is 0. The molecule has 2 saturated carbocycles. The van der Waals surface area contributed by atoms with Crippen LogP contribution in [0, 0.1) is 0 Å². The molecule has 92 valence electrons. The van der Waals surface area contributed by atoms with Gasteiger partial charge >= 0.3 is 5.97 Å². The first-order chi connectivity index (χ1) is 8.74. The van der Waals surface area contributed by atoms with Crippen LogP contribution >= 0.6 is 0 Å². The average Bonchev–Trinajstić information content (AvgIpc) is 3.24. The van der Waals surface area contributed by atoms with Crippen LogP contribution in [-0.4, -0.2) is 20.6 Å². The molecule has 0 aliphatic heterocycles. The largest absolute Gasteiger partial charge is 0.478 e. The van der Waals surface area contributed by atoms with Gasteiger partial charge in [0.1, 0.15) is 5.82 Å². The molecule has 4 heteroatoms. The molecule has 2 fully saturated rings. The van der Waals surface area contributed by atoms with Gasteiger partial charge in [0.05, 0.1) is 16.6 Å². The van der Waals surface area contributed by atoms with E-state index in [1.165, 1.54) is 31.5 Å². The summed E-state index contributed by atoms with van der Waals surface area (Å²) in [6, 6.07) is 5.80. The molecule has 0 unspecified atom stereocenters. The number of carbonyl (C=O) groups is 1. The fourth-order valence-corrected chi connectivity index (χ4v) is 2.59. The molecule has 4 rings (SSSR count). The Morgan fingerprint density at radius 2 is 2.06 bits per heavy atom. The van der Waals surface area contributed by atoms with Gasteiger partial charge in [0.15, 0.2) is 0 Å². The zero-order valence-electron chi connectivity index (χ0n) is 9.97. The third kappa shape index (κ3) is 1.45. The molecule has 0 atom stereocenters. The van der Waals surface area contributed by atoms with Crippen LogP contribution in [-0.2, 0) is 0 Å². The van der Waals surface area contributed by atoms with E-state index < -0.39 is 5.97 Å². The van der Waals surface area contributed by atoms with Crippen molar-refractivity contribution < 1.29 is 9.90 Å². The molecule has 0 saturated heterocycles. The van der Waals surface area contributed by atoms with E-state index in [9.17, 15) is 4.79 Å². The predicted octanol–water partition coefficient (Wildman–Crippen LogP) is 2.95. The Bertz CT molecular complexity index is 651. The zero-order valence-corrected chi connectivity index (χ0v) is 9.97. The van der Waals surface area contributed by atoms with Crippen LogP contribution in [0.25, 0.3) is 11.0 Å². The number of fused-ring (bicyclic) bond motifs is 1. The van der Waals surface area contributed by atoms with Crippen molar-refractivity contribution in [3.63, 3.8) is 0 Å². The molecule has 4 nitrogen and oxygen atoms in total. The van der Waals surface area contributed by atoms with Crippen LogP contribution in [0.3, 0.4) is 0 Å². The fourth-order valence-electron chi connectivity index (χ4n) is 2.59. The van der Waals surface area contributed by atoms with Gasteiger partial charge in [0.25, 0.3) is 0 Å². The third-order valence-corrected chi connectivity index (χ3v) is 3.82. The number of hydrogen-bond donors (Lipinski definition) is 1. The first kappa shape index (κ1) is 10.1. The Balaban J connectivity index is 1.96. The van der Waals surface area contributed by atoms with Crippen molar-refractivity contribution in [2.45, 2.75) is 37.6 Å². The van der Waals surface area contributed by atoms with Crippen LogP contribution in [0.5, 0.6) is 0 Å². The van der Waals surface area contributed by atoms with Gasteiger partial charge in [0.2, 0.25) is 0 Å². The number of carboxylic acids is 1. The summed E-state index contributed by atoms with van der Waals surface area (Å²) < 4.78 is 2.29. The van der Waals surface area contributed by atoms with E-state index in [-0.39, 0.29) is 0 Å². The van der Waals surface area contributed by atoms with E-state index in [1.807, 2.05) is 6.07 Å². The first-order valence-corrected chi connectivity index (χ1v) is 6.49. The van der Waals surface area contributed by atoms with E-state index in [0.29, 0.717) is 17.5 Å². The van der Waals surface area contributed by atoms with Gasteiger partial charge in [-0.25, -0.2) is 9.78 Å². The van der Waals surface area contributed by atoms with Crippen molar-refractivity contribution in [3.8, 4) is 0 Å². The normalized spacial score (nSPS) is 19.3. The molecule has 1 aromatic heterocycles. The van der Waals surface area contributed by atoms with Crippen molar-refractivity contribution >= 4 is 17.0 Å². The molecule has 1 aromatic carbocycles. The number of carboxylic acid groups (broad SMARTS) is 1. The highest BCUT2D eigenvalue weighted by Gasteiger charge is 2.35. The lowest BCUT2D eigenvalue weighted by atomic mass is 10.2. The maximum Gasteiger partial charge on any atom is 0.335 e. The maximum atomic E-state index is 11.1. The van der Waals surface area contributed by atoms with Crippen LogP contribution in [0.1, 0.15) is 53.8 Å². The number of hydrogen-bond acceptors (Lipinski definition) is 2. The van der Waals surface area contributed by atoms with Crippen molar-refractivity contribution in [2.75, 3.05) is 0 Å². The molecule has 1 N–H and O–H groups in total. The second kappa shape index (κ2) is 3.34. The summed E-state index contributed by atoms with van der Waals surface area (Å²) in [6.07, 6.45) is 4.84. The van der Waals surface area contributed by atoms with E-state index in [0.717, 1.165) is 11.0 Å². The monoisotopic (exact) mass is 242 g/mol. The summed E-state index contributed by atoms with van der Waals surface area (Å²) in [5, 5.41) is 9.09. The number of rotatable bonds is 3. The van der Waals surface area contributed by atoms with Gasteiger partial charge in [0, 0.05) is 12.0 Å². The van der Waals surface area contributed by atoms with E-state index in [4.69, 9.17) is 10.1 Å². The van der Waals surface area contributed by atoms with Gasteiger partial charge < -0.3 is 9.67 Å². The number of aromatic nitrogens is 2. The summed E-state index contributed by atoms with van der Waals surface area (Å²) >= 11 is 0. The molecule has 0 radical (unpaired) electrons. The van der Waals surface area contributed by atoms with Gasteiger partial charge in [-0.3, -0.25) is 0 Å². The Morgan fingerprint density at radius 1 is 1.28 bits per heavy atom. The van der Waals surface area contributed by atoms with Gasteiger partial charge in [-0.1, -0.05) is 0 Å². The highest BCUT2D eigenvalue weighted by atomic mass is 16.4. The van der Waals surface area contributed by atoms with Crippen LogP contribution in [0.4, 0.5) is 0 Å². The second-order valence-corrected chi connectivity index (χ2v) is 5.35. The zero-order chi connectivity index (χ0) is 12.3. The fraction of sp³-hybridized carbons (Fsp3) is 0.429. The lowest BCUT2D eigenvalue weighted by molar-refractivity contribution is 0.0697. The maximum absolute atomic E-state index is 11.1. The second-order valence-electron chi connectivity index (χ2n) is 5.35. The molecule has 0 amide bonds. The SMILES string of the molecule is O=C(O)c1ccc2nc(C3CC3)n(C3CC3)c2c1. The minimum absolute atomic E-state index is 0.353. The summed E-state index contributed by atoms with van der Waals surface area (Å²) in [7, 11) is 0. The van der Waals surface area contributed by atoms with Gasteiger partial charge in [-0.05, 0) is 43.9 Å². The van der Waals surface area contributed by atoms with Crippen molar-refractivity contribution in [1.29, 1.82) is 0 Å². The number of benzene rings is 1. The minimum atomic E-state index is -0.867. The van der Waals surface area contributed by atoms with Crippen LogP contribution in [0.2, 0.25) is 0 Å². The van der Waals surface area contributed by atoms with Crippen molar-refractivity contribution in [3.05, 3.63) is 29.6 Å². The number of aromatic carboxylic acids is 1. The topological polar surface area (TPSA) is 55.1 Å². The lowest BCUT2D eigenvalue weighted by Crippen LogP contribution is -2.01. The quantitative estimate of drug-likeness (QED) is 0.900. The third-order valence-electron chi connectivity index (χ3n) is 3.82. The molecule has 18 heavy (non-hydrogen) atoms. The standard InChI is InChI=1S/C14H14N2O2/c17-14(18)9-3-6-11-12(7-9)16(10-4-5-10)13(15-11)8-1-2-8/h3,6-8,10H,1-2,4-5H2,(H,17,18). The number of imidazole rings is 1. The first-order valence-electron chi connectivity index (χ1n) is 6.49. The Morgan fingerprint density at radius 3 is 2.67 bits per heavy atom. The van der Waals surface area contributed by atoms with Crippen LogP contribution in [0.15, 0.2) is 18.2 Å². The highest BCUT2D eigenvalue weighted by Crippen LogP contribution is 2.46. The summed E-state index contributed by atoms with van der Waals surface area (Å²) in [4.78, 5) is 15.8. The molecule has 1 heterocycles. The molecule has 2 aliphatic rings. The molecular formula is C14H14N2O2. The molecule has 2 aliphatic carbocycles. The molecule has 0 spiro atoms. The Hall–Kier alpha value is -1.84. The summed E-state index contributed by atoms with van der Waals surface area (Å²) in [5.74, 6) is 0.912. The van der Waals surface area contributed by atoms with E-state index in [2.05, 4.69) is 4.57 Å². The molecule has 0 bridgehead atoms. The van der Waals surface area contributed by atoms with Gasteiger partial charge in [-0.15, -0.1) is 0 Å². The van der Waals surface area contributed by atoms with Crippen molar-refractivity contribution in [1.82, 2.24) is 9.55 Å². The van der Waals surface area contributed by atoms with E-state index in [1.54, 1.807) is 12.1 Å². The Kier molecular flexibility index (Phi) is 1.88. The molecular weight excluding hydrogens is 228 g/mol. The van der Waals surface area contributed by atoms with Gasteiger partial charge in [-0.2, -0.15) is 0 Å². The summed E-state index contributed by atoms with van der Waals surface area (Å²) in [5.41, 5.74) is 2.29. The lowest BCUT2D eigenvalue weighted by Gasteiger charge is -2.06. The average molecular weight is 242 g/mol. The Labute approximate surface area is 104 Å². The van der Waals surface area contributed by atoms with Crippen molar-refractivity contribution in [2.24, 2.45) is 0 Å². The van der Waals surface area contributed by atoms with Crippen LogP contribution < -0.4 is 0 Å². The van der Waals surface area contributed by atoms with E-state index >= 15 is 0 Å². The smallest absolute Gasteiger partial charge is 0.335 e. The predicted molar refractivity (Wildman–Crippen MR) is 66.9 cm³/mol. The minimum Gasteiger partial charge on any atom is -0.478 e. The number of nitrogens with zero attached hydrogens (tertiary/aromatic N) is 2.